The highest BCUT2D eigenvalue weighted by Crippen LogP contribution is 2.09. The van der Waals surface area contributed by atoms with Crippen molar-refractivity contribution in [3.63, 3.8) is 0 Å². The van der Waals surface area contributed by atoms with Gasteiger partial charge in [0, 0.05) is 19.3 Å². The van der Waals surface area contributed by atoms with Gasteiger partial charge >= 0.3 is 12.0 Å². The lowest BCUT2D eigenvalue weighted by Crippen LogP contribution is -2.33. The van der Waals surface area contributed by atoms with Crippen molar-refractivity contribution in [2.45, 2.75) is 13.3 Å². The van der Waals surface area contributed by atoms with Gasteiger partial charge in [0.15, 0.2) is 0 Å². The zero-order chi connectivity index (χ0) is 14.3. The van der Waals surface area contributed by atoms with Crippen molar-refractivity contribution >= 4 is 17.7 Å². The van der Waals surface area contributed by atoms with Gasteiger partial charge in [-0.05, 0) is 25.1 Å². The maximum absolute atomic E-state index is 12.9. The molecular formula is C13H17FN2O3. The van der Waals surface area contributed by atoms with Gasteiger partial charge in [-0.2, -0.15) is 0 Å². The number of ether oxygens (including phenoxy) is 1. The van der Waals surface area contributed by atoms with Gasteiger partial charge in [0.2, 0.25) is 0 Å². The van der Waals surface area contributed by atoms with Crippen LogP contribution >= 0.6 is 0 Å². The first-order valence-electron chi connectivity index (χ1n) is 5.96. The Morgan fingerprint density at radius 2 is 2.16 bits per heavy atom. The van der Waals surface area contributed by atoms with Crippen molar-refractivity contribution in [3.05, 3.63) is 30.1 Å². The second-order valence-electron chi connectivity index (χ2n) is 3.92. The smallest absolute Gasteiger partial charge is 0.321 e. The molecule has 2 amide bonds. The number of halogens is 1. The molecule has 0 atom stereocenters. The molecule has 0 spiro atoms. The molecule has 0 fully saturated rings. The van der Waals surface area contributed by atoms with Crippen molar-refractivity contribution in [2.75, 3.05) is 25.5 Å². The molecule has 0 heterocycles. The Hall–Kier alpha value is -2.11. The molecule has 0 aliphatic heterocycles. The first kappa shape index (κ1) is 14.9. The molecule has 1 aromatic carbocycles. The van der Waals surface area contributed by atoms with E-state index in [1.807, 2.05) is 0 Å². The molecule has 1 aromatic rings. The molecular weight excluding hydrogens is 251 g/mol. The fourth-order valence-corrected chi connectivity index (χ4v) is 1.38. The number of carbonyl (C=O) groups excluding carboxylic acids is 2. The quantitative estimate of drug-likeness (QED) is 0.833. The summed E-state index contributed by atoms with van der Waals surface area (Å²) in [7, 11) is 1.55. The Labute approximate surface area is 111 Å². The average molecular weight is 268 g/mol. The molecule has 104 valence electrons. The van der Waals surface area contributed by atoms with E-state index in [0.29, 0.717) is 12.3 Å². The number of rotatable bonds is 5. The number of nitrogens with zero attached hydrogens (tertiary/aromatic N) is 1. The summed E-state index contributed by atoms with van der Waals surface area (Å²) in [5.74, 6) is -0.778. The van der Waals surface area contributed by atoms with Crippen molar-refractivity contribution in [1.82, 2.24) is 4.90 Å². The number of amides is 2. The van der Waals surface area contributed by atoms with E-state index in [-0.39, 0.29) is 18.9 Å². The van der Waals surface area contributed by atoms with Crippen LogP contribution in [-0.4, -0.2) is 37.1 Å². The number of hydrogen-bond acceptors (Lipinski definition) is 3. The van der Waals surface area contributed by atoms with Gasteiger partial charge in [0.25, 0.3) is 0 Å². The van der Waals surface area contributed by atoms with Crippen molar-refractivity contribution < 1.29 is 18.7 Å². The van der Waals surface area contributed by atoms with Crippen LogP contribution in [0.1, 0.15) is 13.3 Å². The maximum Gasteiger partial charge on any atom is 0.321 e. The molecule has 1 rings (SSSR count). The van der Waals surface area contributed by atoms with Crippen LogP contribution in [0.2, 0.25) is 0 Å². The lowest BCUT2D eigenvalue weighted by Gasteiger charge is -2.17. The molecule has 0 radical (unpaired) electrons. The van der Waals surface area contributed by atoms with Gasteiger partial charge in [-0.15, -0.1) is 0 Å². The van der Waals surface area contributed by atoms with Crippen LogP contribution in [0.15, 0.2) is 24.3 Å². The number of carbonyl (C=O) groups is 2. The molecule has 0 aromatic heterocycles. The fraction of sp³-hybridized carbons (Fsp3) is 0.385. The van der Waals surface area contributed by atoms with E-state index in [2.05, 4.69) is 5.32 Å². The van der Waals surface area contributed by atoms with Crippen molar-refractivity contribution in [1.29, 1.82) is 0 Å². The molecule has 0 aliphatic rings. The Morgan fingerprint density at radius 1 is 1.42 bits per heavy atom. The first-order valence-corrected chi connectivity index (χ1v) is 5.96. The largest absolute Gasteiger partial charge is 0.466 e. The van der Waals surface area contributed by atoms with Crippen LogP contribution in [0.3, 0.4) is 0 Å². The molecule has 19 heavy (non-hydrogen) atoms. The number of anilines is 1. The second-order valence-corrected chi connectivity index (χ2v) is 3.92. The fourth-order valence-electron chi connectivity index (χ4n) is 1.38. The van der Waals surface area contributed by atoms with Crippen molar-refractivity contribution in [3.8, 4) is 0 Å². The van der Waals surface area contributed by atoms with E-state index in [1.165, 1.54) is 23.1 Å². The molecule has 0 bridgehead atoms. The minimum atomic E-state index is -0.424. The highest BCUT2D eigenvalue weighted by atomic mass is 19.1. The van der Waals surface area contributed by atoms with Gasteiger partial charge < -0.3 is 15.0 Å². The van der Waals surface area contributed by atoms with Crippen LogP contribution in [0, 0.1) is 5.82 Å². The molecule has 0 saturated heterocycles. The lowest BCUT2D eigenvalue weighted by atomic mass is 10.3. The normalized spacial score (nSPS) is 9.84. The molecule has 0 aliphatic carbocycles. The van der Waals surface area contributed by atoms with E-state index < -0.39 is 11.8 Å². The summed E-state index contributed by atoms with van der Waals surface area (Å²) in [5, 5.41) is 2.53. The van der Waals surface area contributed by atoms with Crippen LogP contribution < -0.4 is 5.32 Å². The molecule has 0 unspecified atom stereocenters. The number of nitrogens with one attached hydrogen (secondary N) is 1. The van der Waals surface area contributed by atoms with Crippen LogP contribution in [0.5, 0.6) is 0 Å². The average Bonchev–Trinajstić information content (AvgIpc) is 2.36. The standard InChI is InChI=1S/C13H17FN2O3/c1-3-19-12(17)7-8-16(2)13(18)15-11-6-4-5-10(14)9-11/h4-6,9H,3,7-8H2,1-2H3,(H,15,18). The summed E-state index contributed by atoms with van der Waals surface area (Å²) in [6.07, 6.45) is 0.126. The number of urea groups is 1. The summed E-state index contributed by atoms with van der Waals surface area (Å²) in [6, 6.07) is 5.19. The summed E-state index contributed by atoms with van der Waals surface area (Å²) < 4.78 is 17.7. The molecule has 1 N–H and O–H groups in total. The third-order valence-electron chi connectivity index (χ3n) is 2.38. The molecule has 0 saturated carbocycles. The summed E-state index contributed by atoms with van der Waals surface area (Å²) in [4.78, 5) is 24.2. The summed E-state index contributed by atoms with van der Waals surface area (Å²) >= 11 is 0. The highest BCUT2D eigenvalue weighted by molar-refractivity contribution is 5.89. The molecule has 5 nitrogen and oxygen atoms in total. The van der Waals surface area contributed by atoms with E-state index in [4.69, 9.17) is 4.74 Å². The van der Waals surface area contributed by atoms with Gasteiger partial charge in [-0.3, -0.25) is 4.79 Å². The number of esters is 1. The van der Waals surface area contributed by atoms with Gasteiger partial charge in [0.05, 0.1) is 13.0 Å². The van der Waals surface area contributed by atoms with E-state index in [9.17, 15) is 14.0 Å². The van der Waals surface area contributed by atoms with E-state index >= 15 is 0 Å². The monoisotopic (exact) mass is 268 g/mol. The SMILES string of the molecule is CCOC(=O)CCN(C)C(=O)Nc1cccc(F)c1. The van der Waals surface area contributed by atoms with E-state index in [0.717, 1.165) is 0 Å². The minimum Gasteiger partial charge on any atom is -0.466 e. The van der Waals surface area contributed by atoms with Gasteiger partial charge in [-0.25, -0.2) is 9.18 Å². The zero-order valence-electron chi connectivity index (χ0n) is 11.0. The third-order valence-corrected chi connectivity index (χ3v) is 2.38. The predicted molar refractivity (Wildman–Crippen MR) is 69.3 cm³/mol. The second kappa shape index (κ2) is 7.35. The van der Waals surface area contributed by atoms with Crippen LogP contribution in [-0.2, 0) is 9.53 Å². The summed E-state index contributed by atoms with van der Waals surface area (Å²) in [5.41, 5.74) is 0.369. The maximum atomic E-state index is 12.9. The van der Waals surface area contributed by atoms with Gasteiger partial charge in [0.1, 0.15) is 5.82 Å². The first-order chi connectivity index (χ1) is 9.02. The lowest BCUT2D eigenvalue weighted by molar-refractivity contribution is -0.143. The third kappa shape index (κ3) is 5.37. The predicted octanol–water partition coefficient (Wildman–Crippen LogP) is 2.24. The number of hydrogen-bond donors (Lipinski definition) is 1. The Bertz CT molecular complexity index is 451. The van der Waals surface area contributed by atoms with Crippen molar-refractivity contribution in [2.24, 2.45) is 0 Å². The Balaban J connectivity index is 2.42. The zero-order valence-corrected chi connectivity index (χ0v) is 11.0. The van der Waals surface area contributed by atoms with Gasteiger partial charge in [-0.1, -0.05) is 6.07 Å². The molecule has 6 heteroatoms. The number of benzene rings is 1. The Kier molecular flexibility index (Phi) is 5.78. The minimum absolute atomic E-state index is 0.126. The highest BCUT2D eigenvalue weighted by Gasteiger charge is 2.11. The van der Waals surface area contributed by atoms with E-state index in [1.54, 1.807) is 20.0 Å². The van der Waals surface area contributed by atoms with Crippen LogP contribution in [0.25, 0.3) is 0 Å². The Morgan fingerprint density at radius 3 is 2.79 bits per heavy atom. The topological polar surface area (TPSA) is 58.6 Å². The van der Waals surface area contributed by atoms with Crippen LogP contribution in [0.4, 0.5) is 14.9 Å². The summed E-state index contributed by atoms with van der Waals surface area (Å²) in [6.45, 7) is 2.27.